The van der Waals surface area contributed by atoms with Crippen LogP contribution in [0.4, 0.5) is 5.69 Å². The zero-order valence-electron chi connectivity index (χ0n) is 7.37. The molecule has 2 rings (SSSR count). The highest BCUT2D eigenvalue weighted by Crippen LogP contribution is 2.15. The minimum absolute atomic E-state index is 0. The maximum absolute atomic E-state index is 5.63. The highest BCUT2D eigenvalue weighted by Gasteiger charge is 1.99. The third-order valence-corrected chi connectivity index (χ3v) is 1.99. The van der Waals surface area contributed by atoms with E-state index < -0.39 is 0 Å². The number of fused-ring (bicyclic) bond motifs is 1. The second kappa shape index (κ2) is 3.66. The Hall–Kier alpha value is -1.22. The van der Waals surface area contributed by atoms with Gasteiger partial charge in [0.2, 0.25) is 0 Å². The van der Waals surface area contributed by atoms with Crippen LogP contribution in [0.3, 0.4) is 0 Å². The van der Waals surface area contributed by atoms with Crippen LogP contribution in [0.2, 0.25) is 0 Å². The van der Waals surface area contributed by atoms with Gasteiger partial charge in [-0.05, 0) is 25.1 Å². The number of aromatic nitrogens is 2. The van der Waals surface area contributed by atoms with Crippen LogP contribution in [0.15, 0.2) is 24.5 Å². The monoisotopic (exact) mass is 196 g/mol. The van der Waals surface area contributed by atoms with Gasteiger partial charge in [-0.15, -0.1) is 0 Å². The molecule has 4 heteroatoms. The Morgan fingerprint density at radius 1 is 1.46 bits per heavy atom. The number of nitrogens with zero attached hydrogens (tertiary/aromatic N) is 2. The molecule has 0 aliphatic carbocycles. The molecule has 0 amide bonds. The van der Waals surface area contributed by atoms with Crippen LogP contribution in [0.5, 0.6) is 0 Å². The number of hydrogen-bond acceptors (Lipinski definition) is 2. The van der Waals surface area contributed by atoms with E-state index >= 15 is 0 Å². The van der Waals surface area contributed by atoms with E-state index in [9.17, 15) is 0 Å². The lowest BCUT2D eigenvalue weighted by atomic mass is 10.3. The number of anilines is 1. The molecule has 1 aromatic heterocycles. The molecular weight excluding hydrogens is 186 g/mol. The lowest BCUT2D eigenvalue weighted by molar-refractivity contribution is -0.00000259. The summed E-state index contributed by atoms with van der Waals surface area (Å²) in [6.07, 6.45) is 1.84. The molecule has 1 aromatic carbocycles. The molecule has 0 spiro atoms. The van der Waals surface area contributed by atoms with Crippen LogP contribution in [0.1, 0.15) is 6.92 Å². The zero-order valence-corrected chi connectivity index (χ0v) is 8.12. The van der Waals surface area contributed by atoms with Gasteiger partial charge in [-0.1, -0.05) is 0 Å². The molecule has 0 aliphatic rings. The Kier molecular flexibility index (Phi) is 2.78. The first-order valence-corrected chi connectivity index (χ1v) is 4.01. The number of hydrogen-bond donors (Lipinski definition) is 1. The van der Waals surface area contributed by atoms with Crippen molar-refractivity contribution in [3.05, 3.63) is 24.5 Å². The summed E-state index contributed by atoms with van der Waals surface area (Å²) in [5, 5.41) is 0. The molecule has 0 radical (unpaired) electrons. The molecule has 0 bridgehead atoms. The number of imidazole rings is 1. The predicted molar refractivity (Wildman–Crippen MR) is 49.8 cm³/mol. The summed E-state index contributed by atoms with van der Waals surface area (Å²) in [6, 6.07) is 5.79. The molecule has 0 unspecified atom stereocenters. The van der Waals surface area contributed by atoms with E-state index in [1.165, 1.54) is 0 Å². The highest BCUT2D eigenvalue weighted by atomic mass is 35.5. The molecule has 1 heterocycles. The smallest absolute Gasteiger partial charge is 0.0958 e. The van der Waals surface area contributed by atoms with Gasteiger partial charge in [0.25, 0.3) is 0 Å². The average Bonchev–Trinajstić information content (AvgIpc) is 2.46. The molecule has 0 saturated heterocycles. The van der Waals surface area contributed by atoms with Gasteiger partial charge < -0.3 is 22.7 Å². The van der Waals surface area contributed by atoms with Crippen molar-refractivity contribution in [1.82, 2.24) is 9.55 Å². The first kappa shape index (κ1) is 9.86. The third-order valence-electron chi connectivity index (χ3n) is 1.99. The fourth-order valence-electron chi connectivity index (χ4n) is 1.33. The summed E-state index contributed by atoms with van der Waals surface area (Å²) in [6.45, 7) is 3.04. The van der Waals surface area contributed by atoms with Crippen molar-refractivity contribution < 1.29 is 12.4 Å². The van der Waals surface area contributed by atoms with Gasteiger partial charge in [-0.2, -0.15) is 0 Å². The Morgan fingerprint density at radius 2 is 2.23 bits per heavy atom. The highest BCUT2D eigenvalue weighted by molar-refractivity contribution is 5.78. The SMILES string of the molecule is CCn1cnc2cc(N)ccc21.[Cl-]. The topological polar surface area (TPSA) is 43.8 Å². The first-order valence-electron chi connectivity index (χ1n) is 4.01. The van der Waals surface area contributed by atoms with Gasteiger partial charge >= 0.3 is 0 Å². The number of nitrogens with two attached hydrogens (primary N) is 1. The molecule has 70 valence electrons. The van der Waals surface area contributed by atoms with Crippen LogP contribution in [-0.2, 0) is 6.54 Å². The van der Waals surface area contributed by atoms with Gasteiger partial charge in [-0.3, -0.25) is 0 Å². The largest absolute Gasteiger partial charge is 1.00 e. The minimum atomic E-state index is 0. The van der Waals surface area contributed by atoms with E-state index in [4.69, 9.17) is 5.73 Å². The van der Waals surface area contributed by atoms with Crippen LogP contribution in [0, 0.1) is 0 Å². The molecule has 3 nitrogen and oxygen atoms in total. The normalized spacial score (nSPS) is 9.92. The number of rotatable bonds is 1. The van der Waals surface area contributed by atoms with Crippen LogP contribution in [0.25, 0.3) is 11.0 Å². The summed E-state index contributed by atoms with van der Waals surface area (Å²) in [4.78, 5) is 4.23. The van der Waals surface area contributed by atoms with E-state index in [1.54, 1.807) is 0 Å². The Labute approximate surface area is 83.0 Å². The molecule has 2 N–H and O–H groups in total. The van der Waals surface area contributed by atoms with Gasteiger partial charge in [-0.25, -0.2) is 4.98 Å². The van der Waals surface area contributed by atoms with Gasteiger partial charge in [0.15, 0.2) is 0 Å². The predicted octanol–water partition coefficient (Wildman–Crippen LogP) is -1.36. The van der Waals surface area contributed by atoms with E-state index in [0.29, 0.717) is 0 Å². The number of halogens is 1. The zero-order chi connectivity index (χ0) is 8.55. The van der Waals surface area contributed by atoms with Crippen molar-refractivity contribution in [2.45, 2.75) is 13.5 Å². The standard InChI is InChI=1S/C9H11N3.ClH/c1-2-12-6-11-8-5-7(10)3-4-9(8)12;/h3-6H,2,10H2,1H3;1H/p-1. The summed E-state index contributed by atoms with van der Waals surface area (Å²) in [5.41, 5.74) is 8.51. The summed E-state index contributed by atoms with van der Waals surface area (Å²) in [7, 11) is 0. The molecule has 0 atom stereocenters. The summed E-state index contributed by atoms with van der Waals surface area (Å²) in [5.74, 6) is 0. The van der Waals surface area contributed by atoms with E-state index in [2.05, 4.69) is 16.5 Å². The second-order valence-electron chi connectivity index (χ2n) is 2.78. The van der Waals surface area contributed by atoms with Crippen molar-refractivity contribution in [3.63, 3.8) is 0 Å². The lowest BCUT2D eigenvalue weighted by Crippen LogP contribution is -3.00. The fourth-order valence-corrected chi connectivity index (χ4v) is 1.33. The molecule has 0 fully saturated rings. The van der Waals surface area contributed by atoms with Crippen molar-refractivity contribution in [3.8, 4) is 0 Å². The van der Waals surface area contributed by atoms with Crippen molar-refractivity contribution >= 4 is 16.7 Å². The van der Waals surface area contributed by atoms with Gasteiger partial charge in [0.1, 0.15) is 0 Å². The molecule has 2 aromatic rings. The summed E-state index contributed by atoms with van der Waals surface area (Å²) >= 11 is 0. The number of aryl methyl sites for hydroxylation is 1. The average molecular weight is 197 g/mol. The summed E-state index contributed by atoms with van der Waals surface area (Å²) < 4.78 is 2.09. The first-order chi connectivity index (χ1) is 5.81. The third kappa shape index (κ3) is 1.60. The Bertz CT molecular complexity index is 408. The maximum atomic E-state index is 5.63. The van der Waals surface area contributed by atoms with Gasteiger partial charge in [0.05, 0.1) is 17.4 Å². The van der Waals surface area contributed by atoms with Crippen molar-refractivity contribution in [1.29, 1.82) is 0 Å². The van der Waals surface area contributed by atoms with Crippen LogP contribution < -0.4 is 18.1 Å². The van der Waals surface area contributed by atoms with Gasteiger partial charge in [0, 0.05) is 12.2 Å². The van der Waals surface area contributed by atoms with Crippen molar-refractivity contribution in [2.24, 2.45) is 0 Å². The quantitative estimate of drug-likeness (QED) is 0.573. The minimum Gasteiger partial charge on any atom is -1.00 e. The Morgan fingerprint density at radius 3 is 2.92 bits per heavy atom. The lowest BCUT2D eigenvalue weighted by Gasteiger charge is -1.98. The van der Waals surface area contributed by atoms with Crippen LogP contribution >= 0.6 is 0 Å². The number of nitrogen functional groups attached to an aromatic ring is 1. The fraction of sp³-hybridized carbons (Fsp3) is 0.222. The number of benzene rings is 1. The molecule has 0 saturated carbocycles. The molecular formula is C9H11ClN3-. The van der Waals surface area contributed by atoms with Crippen LogP contribution in [-0.4, -0.2) is 9.55 Å². The van der Waals surface area contributed by atoms with E-state index in [0.717, 1.165) is 23.3 Å². The maximum Gasteiger partial charge on any atom is 0.0958 e. The van der Waals surface area contributed by atoms with E-state index in [-0.39, 0.29) is 12.4 Å². The molecule has 0 aliphatic heterocycles. The van der Waals surface area contributed by atoms with E-state index in [1.807, 2.05) is 24.5 Å². The van der Waals surface area contributed by atoms with Crippen molar-refractivity contribution in [2.75, 3.05) is 5.73 Å². The molecule has 13 heavy (non-hydrogen) atoms. The Balaban J connectivity index is 0.000000845. The second-order valence-corrected chi connectivity index (χ2v) is 2.78.